The van der Waals surface area contributed by atoms with E-state index in [2.05, 4.69) is 35.4 Å². The zero-order chi connectivity index (χ0) is 17.6. The number of nitrogens with zero attached hydrogens (tertiary/aromatic N) is 3. The van der Waals surface area contributed by atoms with E-state index in [1.807, 2.05) is 35.0 Å². The van der Waals surface area contributed by atoms with E-state index in [4.69, 9.17) is 0 Å². The number of aryl methyl sites for hydroxylation is 1. The smallest absolute Gasteiger partial charge is 0.268 e. The Bertz CT molecular complexity index is 948. The number of benzene rings is 1. The summed E-state index contributed by atoms with van der Waals surface area (Å²) in [4.78, 5) is 16.2. The lowest BCUT2D eigenvalue weighted by Crippen LogP contribution is -2.13. The molecule has 0 saturated carbocycles. The highest BCUT2D eigenvalue weighted by Gasteiger charge is 2.12. The van der Waals surface area contributed by atoms with Crippen LogP contribution in [0.1, 0.15) is 16.8 Å². The van der Waals surface area contributed by atoms with Crippen molar-refractivity contribution in [2.75, 3.05) is 5.32 Å². The average molecular weight is 348 g/mol. The van der Waals surface area contributed by atoms with Crippen LogP contribution in [0, 0.1) is 18.3 Å². The van der Waals surface area contributed by atoms with Crippen molar-refractivity contribution < 1.29 is 4.79 Å². The van der Waals surface area contributed by atoms with Crippen LogP contribution in [0.2, 0.25) is 0 Å². The molecule has 1 amide bonds. The first kappa shape index (κ1) is 16.7. The molecule has 0 aliphatic heterocycles. The summed E-state index contributed by atoms with van der Waals surface area (Å²) in [6, 6.07) is 14.0. The molecule has 0 aliphatic rings. The van der Waals surface area contributed by atoms with Gasteiger partial charge in [-0.05, 0) is 30.7 Å². The van der Waals surface area contributed by atoms with Crippen molar-refractivity contribution in [2.24, 2.45) is 0 Å². The van der Waals surface area contributed by atoms with Crippen molar-refractivity contribution in [2.45, 2.75) is 13.5 Å². The molecule has 25 heavy (non-hydrogen) atoms. The van der Waals surface area contributed by atoms with Crippen LogP contribution in [-0.4, -0.2) is 15.5 Å². The molecule has 3 rings (SSSR count). The third-order valence-electron chi connectivity index (χ3n) is 3.61. The Hall–Kier alpha value is -3.17. The van der Waals surface area contributed by atoms with Crippen LogP contribution >= 0.6 is 11.3 Å². The summed E-state index contributed by atoms with van der Waals surface area (Å²) in [5, 5.41) is 14.2. The Balaban J connectivity index is 1.81. The highest BCUT2D eigenvalue weighted by atomic mass is 32.1. The zero-order valence-electron chi connectivity index (χ0n) is 13.6. The predicted octanol–water partition coefficient (Wildman–Crippen LogP) is 3.85. The second-order valence-corrected chi connectivity index (χ2v) is 6.41. The second kappa shape index (κ2) is 7.60. The van der Waals surface area contributed by atoms with E-state index >= 15 is 0 Å². The number of aromatic nitrogens is 2. The largest absolute Gasteiger partial charge is 0.344 e. The van der Waals surface area contributed by atoms with E-state index in [0.29, 0.717) is 11.7 Å². The lowest BCUT2D eigenvalue weighted by Gasteiger charge is -2.08. The molecule has 2 heterocycles. The quantitative estimate of drug-likeness (QED) is 0.562. The lowest BCUT2D eigenvalue weighted by molar-refractivity contribution is -0.112. The summed E-state index contributed by atoms with van der Waals surface area (Å²) in [5.74, 6) is -0.458. The minimum Gasteiger partial charge on any atom is -0.344 e. The first-order valence-corrected chi connectivity index (χ1v) is 8.57. The number of amides is 1. The number of thiazole rings is 1. The summed E-state index contributed by atoms with van der Waals surface area (Å²) in [6.45, 7) is 2.73. The average Bonchev–Trinajstić information content (AvgIpc) is 3.24. The van der Waals surface area contributed by atoms with Crippen LogP contribution in [0.4, 0.5) is 5.13 Å². The van der Waals surface area contributed by atoms with Gasteiger partial charge in [-0.25, -0.2) is 4.98 Å². The Morgan fingerprint density at radius 1 is 1.40 bits per heavy atom. The fourth-order valence-corrected chi connectivity index (χ4v) is 2.98. The molecular formula is C19H16N4OS. The van der Waals surface area contributed by atoms with Gasteiger partial charge < -0.3 is 4.57 Å². The van der Waals surface area contributed by atoms with Gasteiger partial charge in [0.25, 0.3) is 5.91 Å². The molecule has 6 heteroatoms. The minimum atomic E-state index is -0.458. The van der Waals surface area contributed by atoms with Gasteiger partial charge in [0.2, 0.25) is 0 Å². The van der Waals surface area contributed by atoms with Gasteiger partial charge in [-0.3, -0.25) is 10.1 Å². The summed E-state index contributed by atoms with van der Waals surface area (Å²) >= 11 is 1.31. The highest BCUT2D eigenvalue weighted by molar-refractivity contribution is 7.13. The van der Waals surface area contributed by atoms with Crippen LogP contribution in [0.3, 0.4) is 0 Å². The van der Waals surface area contributed by atoms with E-state index in [1.165, 1.54) is 16.9 Å². The fourth-order valence-electron chi connectivity index (χ4n) is 2.46. The molecule has 0 radical (unpaired) electrons. The molecule has 2 aromatic heterocycles. The molecule has 0 unspecified atom stereocenters. The molecule has 0 aliphatic carbocycles. The Labute approximate surface area is 149 Å². The third-order valence-corrected chi connectivity index (χ3v) is 4.30. The van der Waals surface area contributed by atoms with E-state index in [9.17, 15) is 10.1 Å². The number of carbonyl (C=O) groups is 1. The van der Waals surface area contributed by atoms with Gasteiger partial charge in [0.05, 0.1) is 0 Å². The topological polar surface area (TPSA) is 70.7 Å². The number of rotatable bonds is 5. The van der Waals surface area contributed by atoms with Crippen LogP contribution in [0.15, 0.2) is 59.7 Å². The second-order valence-electron chi connectivity index (χ2n) is 5.51. The van der Waals surface area contributed by atoms with Crippen LogP contribution in [0.25, 0.3) is 6.08 Å². The maximum absolute atomic E-state index is 12.2. The van der Waals surface area contributed by atoms with E-state index in [-0.39, 0.29) is 5.57 Å². The van der Waals surface area contributed by atoms with Crippen molar-refractivity contribution in [3.63, 3.8) is 0 Å². The van der Waals surface area contributed by atoms with E-state index in [1.54, 1.807) is 17.7 Å². The maximum Gasteiger partial charge on any atom is 0.268 e. The molecule has 1 aromatic carbocycles. The monoisotopic (exact) mass is 348 g/mol. The maximum atomic E-state index is 12.2. The van der Waals surface area contributed by atoms with Crippen LogP contribution < -0.4 is 5.32 Å². The number of hydrogen-bond donors (Lipinski definition) is 1. The van der Waals surface area contributed by atoms with Gasteiger partial charge in [0.15, 0.2) is 5.13 Å². The SMILES string of the molecule is Cc1cccc(Cn2cccc2/C=C(/C#N)C(=O)Nc2nccs2)c1. The van der Waals surface area contributed by atoms with Gasteiger partial charge in [0, 0.05) is 30.0 Å². The summed E-state index contributed by atoms with van der Waals surface area (Å²) < 4.78 is 2.00. The predicted molar refractivity (Wildman–Crippen MR) is 99.0 cm³/mol. The molecule has 0 fully saturated rings. The van der Waals surface area contributed by atoms with Crippen LogP contribution in [0.5, 0.6) is 0 Å². The number of hydrogen-bond acceptors (Lipinski definition) is 4. The summed E-state index contributed by atoms with van der Waals surface area (Å²) in [6.07, 6.45) is 5.13. The Kier molecular flexibility index (Phi) is 5.07. The molecule has 1 N–H and O–H groups in total. The number of anilines is 1. The Morgan fingerprint density at radius 3 is 3.00 bits per heavy atom. The van der Waals surface area contributed by atoms with Gasteiger partial charge >= 0.3 is 0 Å². The van der Waals surface area contributed by atoms with Gasteiger partial charge in [-0.2, -0.15) is 5.26 Å². The molecule has 3 aromatic rings. The normalized spacial score (nSPS) is 11.1. The standard InChI is InChI=1S/C19H16N4OS/c1-14-4-2-5-15(10-14)13-23-8-3-6-17(23)11-16(12-20)18(24)22-19-21-7-9-25-19/h2-11H,13H2,1H3,(H,21,22,24)/b16-11-. The Morgan fingerprint density at radius 2 is 2.28 bits per heavy atom. The highest BCUT2D eigenvalue weighted by Crippen LogP contribution is 2.15. The molecule has 124 valence electrons. The number of nitriles is 1. The van der Waals surface area contributed by atoms with Gasteiger partial charge in [-0.1, -0.05) is 29.8 Å². The van der Waals surface area contributed by atoms with Crippen molar-refractivity contribution in [3.05, 3.63) is 76.6 Å². The van der Waals surface area contributed by atoms with Gasteiger partial charge in [-0.15, -0.1) is 11.3 Å². The number of carbonyl (C=O) groups excluding carboxylic acids is 1. The molecule has 0 spiro atoms. The summed E-state index contributed by atoms with van der Waals surface area (Å²) in [7, 11) is 0. The summed E-state index contributed by atoms with van der Waals surface area (Å²) in [5.41, 5.74) is 3.20. The molecular weight excluding hydrogens is 332 g/mol. The van der Waals surface area contributed by atoms with E-state index in [0.717, 1.165) is 11.3 Å². The van der Waals surface area contributed by atoms with Crippen molar-refractivity contribution in [3.8, 4) is 6.07 Å². The number of nitrogens with one attached hydrogen (secondary N) is 1. The van der Waals surface area contributed by atoms with Crippen molar-refractivity contribution in [1.29, 1.82) is 5.26 Å². The first-order valence-electron chi connectivity index (χ1n) is 7.69. The molecule has 0 saturated heterocycles. The molecule has 5 nitrogen and oxygen atoms in total. The van der Waals surface area contributed by atoms with Crippen molar-refractivity contribution >= 4 is 28.5 Å². The van der Waals surface area contributed by atoms with Crippen LogP contribution in [-0.2, 0) is 11.3 Å². The first-order chi connectivity index (χ1) is 12.2. The zero-order valence-corrected chi connectivity index (χ0v) is 14.5. The lowest BCUT2D eigenvalue weighted by atomic mass is 10.1. The van der Waals surface area contributed by atoms with Gasteiger partial charge in [0.1, 0.15) is 11.6 Å². The minimum absolute atomic E-state index is 0.0411. The molecule has 0 atom stereocenters. The third kappa shape index (κ3) is 4.22. The van der Waals surface area contributed by atoms with Crippen molar-refractivity contribution in [1.82, 2.24) is 9.55 Å². The molecule has 0 bridgehead atoms. The fraction of sp³-hybridized carbons (Fsp3) is 0.105. The van der Waals surface area contributed by atoms with E-state index < -0.39 is 5.91 Å².